The van der Waals surface area contributed by atoms with E-state index in [1.165, 1.54) is 63.5 Å². The van der Waals surface area contributed by atoms with Gasteiger partial charge in [0, 0.05) is 5.56 Å². The number of halogens is 3. The lowest BCUT2D eigenvalue weighted by molar-refractivity contribution is -0.0885. The van der Waals surface area contributed by atoms with E-state index in [0.29, 0.717) is 5.92 Å². The highest BCUT2D eigenvalue weighted by atomic mass is 19.4. The average Bonchev–Trinajstić information content (AvgIpc) is 2.61. The molecule has 25 heavy (non-hydrogen) atoms. The molecular formula is C21H29F3O. The summed E-state index contributed by atoms with van der Waals surface area (Å²) in [5.74, 6) is -0.527. The molecule has 0 radical (unpaired) electrons. The maximum Gasteiger partial charge on any atom is 0.454 e. The lowest BCUT2D eigenvalue weighted by atomic mass is 9.77. The van der Waals surface area contributed by atoms with E-state index >= 15 is 0 Å². The fourth-order valence-electron chi connectivity index (χ4n) is 3.89. The molecule has 2 rings (SSSR count). The van der Waals surface area contributed by atoms with Gasteiger partial charge >= 0.3 is 6.18 Å². The van der Waals surface area contributed by atoms with Gasteiger partial charge in [-0.25, -0.2) is 0 Å². The van der Waals surface area contributed by atoms with Crippen molar-refractivity contribution in [2.75, 3.05) is 0 Å². The Morgan fingerprint density at radius 1 is 0.960 bits per heavy atom. The van der Waals surface area contributed by atoms with Crippen molar-refractivity contribution < 1.29 is 18.0 Å². The molecular weight excluding hydrogens is 325 g/mol. The quantitative estimate of drug-likeness (QED) is 0.360. The van der Waals surface area contributed by atoms with Gasteiger partial charge in [0.2, 0.25) is 0 Å². The zero-order valence-corrected chi connectivity index (χ0v) is 15.1. The van der Waals surface area contributed by atoms with E-state index in [1.807, 2.05) is 0 Å². The molecule has 0 saturated heterocycles. The number of benzene rings is 1. The van der Waals surface area contributed by atoms with E-state index in [0.717, 1.165) is 24.3 Å². The van der Waals surface area contributed by atoms with Crippen LogP contribution in [0.2, 0.25) is 0 Å². The molecule has 0 spiro atoms. The monoisotopic (exact) mass is 354 g/mol. The van der Waals surface area contributed by atoms with E-state index < -0.39 is 12.0 Å². The highest BCUT2D eigenvalue weighted by molar-refractivity contribution is 6.00. The van der Waals surface area contributed by atoms with Crippen LogP contribution in [-0.2, 0) is 0 Å². The number of hydrogen-bond acceptors (Lipinski definition) is 1. The Balaban J connectivity index is 1.78. The number of carbonyl (C=O) groups is 1. The van der Waals surface area contributed by atoms with Gasteiger partial charge in [0.1, 0.15) is 0 Å². The van der Waals surface area contributed by atoms with E-state index in [4.69, 9.17) is 0 Å². The smallest absolute Gasteiger partial charge is 0.284 e. The largest absolute Gasteiger partial charge is 0.454 e. The molecule has 0 N–H and O–H groups in total. The first kappa shape index (κ1) is 20.0. The minimum Gasteiger partial charge on any atom is -0.284 e. The van der Waals surface area contributed by atoms with Crippen LogP contribution in [0.3, 0.4) is 0 Å². The summed E-state index contributed by atoms with van der Waals surface area (Å²) in [5, 5.41) is 0. The third-order valence-corrected chi connectivity index (χ3v) is 5.46. The van der Waals surface area contributed by atoms with E-state index in [2.05, 4.69) is 6.92 Å². The van der Waals surface area contributed by atoms with Crippen LogP contribution >= 0.6 is 0 Å². The predicted molar refractivity (Wildman–Crippen MR) is 94.9 cm³/mol. The summed E-state index contributed by atoms with van der Waals surface area (Å²) in [4.78, 5) is 11.2. The first-order valence-corrected chi connectivity index (χ1v) is 9.63. The Labute approximate surface area is 149 Å². The lowest BCUT2D eigenvalue weighted by Crippen LogP contribution is -2.22. The van der Waals surface area contributed by atoms with Crippen molar-refractivity contribution in [2.24, 2.45) is 5.92 Å². The number of carbonyl (C=O) groups excluding carboxylic acids is 1. The second-order valence-electron chi connectivity index (χ2n) is 7.37. The number of Topliss-reactive ketones (excluding diaryl/α,β-unsaturated/α-hetero) is 1. The summed E-state index contributed by atoms with van der Waals surface area (Å²) in [6, 6.07) is 6.05. The summed E-state index contributed by atoms with van der Waals surface area (Å²) in [6.07, 6.45) is 7.76. The zero-order chi connectivity index (χ0) is 18.3. The van der Waals surface area contributed by atoms with Crippen LogP contribution in [0.25, 0.3) is 0 Å². The highest BCUT2D eigenvalue weighted by Gasteiger charge is 2.39. The SMILES string of the molecule is CCCCCCCC1CCC(c2ccc(C(=O)C(F)(F)F)cc2)CC1. The Morgan fingerprint density at radius 2 is 1.56 bits per heavy atom. The first-order chi connectivity index (χ1) is 11.9. The standard InChI is InChI=1S/C21H29F3O/c1-2-3-4-5-6-7-16-8-10-17(11-9-16)18-12-14-19(15-13-18)20(25)21(22,23)24/h12-17H,2-11H2,1H3. The van der Waals surface area contributed by atoms with Crippen molar-refractivity contribution in [2.45, 2.75) is 83.2 Å². The van der Waals surface area contributed by atoms with Gasteiger partial charge in [0.05, 0.1) is 0 Å². The van der Waals surface area contributed by atoms with Gasteiger partial charge in [-0.2, -0.15) is 13.2 Å². The Bertz CT molecular complexity index is 525. The van der Waals surface area contributed by atoms with Crippen molar-refractivity contribution in [3.8, 4) is 0 Å². The minimum absolute atomic E-state index is 0.267. The topological polar surface area (TPSA) is 17.1 Å². The molecule has 1 nitrogen and oxygen atoms in total. The van der Waals surface area contributed by atoms with Crippen LogP contribution in [0, 0.1) is 5.92 Å². The molecule has 140 valence electrons. The molecule has 0 unspecified atom stereocenters. The molecule has 1 fully saturated rings. The zero-order valence-electron chi connectivity index (χ0n) is 15.1. The van der Waals surface area contributed by atoms with Crippen LogP contribution in [0.4, 0.5) is 13.2 Å². The van der Waals surface area contributed by atoms with Crippen molar-refractivity contribution in [3.05, 3.63) is 35.4 Å². The minimum atomic E-state index is -4.79. The summed E-state index contributed by atoms with van der Waals surface area (Å²) in [7, 11) is 0. The summed E-state index contributed by atoms with van der Waals surface area (Å²) < 4.78 is 37.4. The predicted octanol–water partition coefficient (Wildman–Crippen LogP) is 7.07. The lowest BCUT2D eigenvalue weighted by Gasteiger charge is -2.29. The fourth-order valence-corrected chi connectivity index (χ4v) is 3.89. The molecule has 0 aliphatic heterocycles. The molecule has 1 aliphatic carbocycles. The molecule has 0 bridgehead atoms. The van der Waals surface area contributed by atoms with Gasteiger partial charge in [-0.05, 0) is 43.1 Å². The molecule has 1 aromatic rings. The Hall–Kier alpha value is -1.32. The second kappa shape index (κ2) is 9.40. The van der Waals surface area contributed by atoms with Gasteiger partial charge in [-0.15, -0.1) is 0 Å². The maximum absolute atomic E-state index is 12.5. The average molecular weight is 354 g/mol. The van der Waals surface area contributed by atoms with Crippen LogP contribution in [0.15, 0.2) is 24.3 Å². The number of rotatable bonds is 8. The first-order valence-electron chi connectivity index (χ1n) is 9.63. The number of alkyl halides is 3. The van der Waals surface area contributed by atoms with Crippen molar-refractivity contribution in [3.63, 3.8) is 0 Å². The number of unbranched alkanes of at least 4 members (excludes halogenated alkanes) is 4. The van der Waals surface area contributed by atoms with Gasteiger partial charge in [0.15, 0.2) is 0 Å². The van der Waals surface area contributed by atoms with E-state index in [-0.39, 0.29) is 5.56 Å². The molecule has 0 atom stereocenters. The molecule has 0 heterocycles. The van der Waals surface area contributed by atoms with Crippen LogP contribution in [-0.4, -0.2) is 12.0 Å². The normalized spacial score (nSPS) is 21.3. The van der Waals surface area contributed by atoms with E-state index in [9.17, 15) is 18.0 Å². The van der Waals surface area contributed by atoms with Crippen molar-refractivity contribution >= 4 is 5.78 Å². The Kier molecular flexibility index (Phi) is 7.52. The van der Waals surface area contributed by atoms with Crippen LogP contribution in [0.5, 0.6) is 0 Å². The van der Waals surface area contributed by atoms with Crippen molar-refractivity contribution in [1.82, 2.24) is 0 Å². The fraction of sp³-hybridized carbons (Fsp3) is 0.667. The summed E-state index contributed by atoms with van der Waals surface area (Å²) >= 11 is 0. The van der Waals surface area contributed by atoms with Gasteiger partial charge in [0.25, 0.3) is 5.78 Å². The molecule has 1 aliphatic rings. The van der Waals surface area contributed by atoms with Crippen LogP contribution in [0.1, 0.15) is 93.0 Å². The second-order valence-corrected chi connectivity index (χ2v) is 7.37. The molecule has 0 amide bonds. The van der Waals surface area contributed by atoms with Gasteiger partial charge in [-0.1, -0.05) is 69.7 Å². The van der Waals surface area contributed by atoms with Crippen LogP contribution < -0.4 is 0 Å². The molecule has 4 heteroatoms. The summed E-state index contributed by atoms with van der Waals surface area (Å²) in [5.41, 5.74) is 0.803. The van der Waals surface area contributed by atoms with Crippen molar-refractivity contribution in [1.29, 1.82) is 0 Å². The van der Waals surface area contributed by atoms with Gasteiger partial charge in [-0.3, -0.25) is 4.79 Å². The molecule has 1 aromatic carbocycles. The third-order valence-electron chi connectivity index (χ3n) is 5.46. The highest BCUT2D eigenvalue weighted by Crippen LogP contribution is 2.38. The number of hydrogen-bond donors (Lipinski definition) is 0. The number of ketones is 1. The van der Waals surface area contributed by atoms with Gasteiger partial charge < -0.3 is 0 Å². The third kappa shape index (κ3) is 6.16. The Morgan fingerprint density at radius 3 is 2.12 bits per heavy atom. The molecule has 0 aromatic heterocycles. The summed E-state index contributed by atoms with van der Waals surface area (Å²) in [6.45, 7) is 2.23. The van der Waals surface area contributed by atoms with E-state index in [1.54, 1.807) is 12.1 Å². The molecule has 1 saturated carbocycles. The maximum atomic E-state index is 12.5.